The molecule has 0 spiro atoms. The van der Waals surface area contributed by atoms with Crippen molar-refractivity contribution in [2.24, 2.45) is 0 Å². The van der Waals surface area contributed by atoms with Crippen LogP contribution in [0.25, 0.3) is 0 Å². The van der Waals surface area contributed by atoms with Crippen molar-refractivity contribution in [2.45, 2.75) is 57.0 Å². The zero-order valence-electron chi connectivity index (χ0n) is 29.3. The summed E-state index contributed by atoms with van der Waals surface area (Å²) in [6.07, 6.45) is 0.302. The normalized spacial score (nSPS) is 17.6. The summed E-state index contributed by atoms with van der Waals surface area (Å²) < 4.78 is 22.2. The zero-order valence-corrected chi connectivity index (χ0v) is 29.3. The van der Waals surface area contributed by atoms with Gasteiger partial charge in [0.05, 0.1) is 31.5 Å². The highest BCUT2D eigenvalue weighted by Gasteiger charge is 2.27. The van der Waals surface area contributed by atoms with Crippen LogP contribution >= 0.6 is 0 Å². The molecule has 4 atom stereocenters. The Morgan fingerprint density at radius 1 is 0.673 bits per heavy atom. The molecule has 2 heterocycles. The summed E-state index contributed by atoms with van der Waals surface area (Å²) in [5, 5.41) is 20.4. The van der Waals surface area contributed by atoms with E-state index in [9.17, 15) is 10.2 Å². The van der Waals surface area contributed by atoms with E-state index in [1.807, 2.05) is 67.6 Å². The fourth-order valence-electron chi connectivity index (χ4n) is 5.52. The molecule has 2 aliphatic rings. The Morgan fingerprint density at radius 3 is 1.59 bits per heavy atom. The molecule has 8 nitrogen and oxygen atoms in total. The molecule has 0 radical (unpaired) electrons. The molecule has 4 aromatic rings. The van der Waals surface area contributed by atoms with Gasteiger partial charge in [0.15, 0.2) is 0 Å². The standard InChI is InChI=1S/C31H39NO5.C10H13NO/c1-4-26(33)20-35-28-14-10-23(11-15-28)31(2,3)24-12-16-29(17-13-24)36-21-27(34)18-32(19-30-22-37-30)25-8-6-5-7-9-25;1-11(7-10-8-12-10)9-5-3-2-4-6-9/h5-17,26-27,30,33-34H,4,18-22H2,1-3H3;2-6,10H,7-8H2,1H3. The van der Waals surface area contributed by atoms with Gasteiger partial charge in [-0.1, -0.05) is 81.4 Å². The zero-order chi connectivity index (χ0) is 34.6. The van der Waals surface area contributed by atoms with E-state index in [1.54, 1.807) is 0 Å². The molecule has 4 aromatic carbocycles. The Balaban J connectivity index is 0.000000325. The molecule has 0 bridgehead atoms. The van der Waals surface area contributed by atoms with Gasteiger partial charge in [-0.15, -0.1) is 0 Å². The van der Waals surface area contributed by atoms with Crippen LogP contribution in [-0.2, 0) is 14.9 Å². The van der Waals surface area contributed by atoms with Gasteiger partial charge in [-0.2, -0.15) is 0 Å². The van der Waals surface area contributed by atoms with Crippen LogP contribution in [0.15, 0.2) is 109 Å². The Hall–Kier alpha value is -4.08. The minimum absolute atomic E-state index is 0.208. The fraction of sp³-hybridized carbons (Fsp3) is 0.415. The molecule has 49 heavy (non-hydrogen) atoms. The van der Waals surface area contributed by atoms with E-state index >= 15 is 0 Å². The predicted molar refractivity (Wildman–Crippen MR) is 196 cm³/mol. The van der Waals surface area contributed by atoms with Gasteiger partial charge < -0.3 is 39.0 Å². The fourth-order valence-corrected chi connectivity index (χ4v) is 5.52. The van der Waals surface area contributed by atoms with E-state index in [4.69, 9.17) is 18.9 Å². The second kappa shape index (κ2) is 17.5. The van der Waals surface area contributed by atoms with Crippen molar-refractivity contribution in [1.82, 2.24) is 0 Å². The van der Waals surface area contributed by atoms with Gasteiger partial charge in [0.25, 0.3) is 0 Å². The Labute approximate surface area is 291 Å². The van der Waals surface area contributed by atoms with E-state index in [2.05, 4.69) is 79.2 Å². The van der Waals surface area contributed by atoms with Crippen LogP contribution in [0.5, 0.6) is 11.5 Å². The van der Waals surface area contributed by atoms with E-state index in [0.29, 0.717) is 25.7 Å². The SMILES string of the molecule is CCC(O)COc1ccc(C(C)(C)c2ccc(OCC(O)CN(CC3CO3)c3ccccc3)cc2)cc1.CN(CC1CO1)c1ccccc1. The minimum Gasteiger partial charge on any atom is -0.491 e. The number of likely N-dealkylation sites (N-methyl/N-ethyl adjacent to an activating group) is 1. The number of hydrogen-bond acceptors (Lipinski definition) is 8. The summed E-state index contributed by atoms with van der Waals surface area (Å²) in [7, 11) is 2.09. The number of aliphatic hydroxyl groups is 2. The summed E-state index contributed by atoms with van der Waals surface area (Å²) >= 11 is 0. The molecule has 2 aliphatic heterocycles. The Morgan fingerprint density at radius 2 is 1.12 bits per heavy atom. The minimum atomic E-state index is -0.630. The molecular weight excluding hydrogens is 616 g/mol. The molecule has 8 heteroatoms. The van der Waals surface area contributed by atoms with Gasteiger partial charge >= 0.3 is 0 Å². The molecule has 2 N–H and O–H groups in total. The van der Waals surface area contributed by atoms with E-state index in [0.717, 1.165) is 49.1 Å². The van der Waals surface area contributed by atoms with Crippen LogP contribution in [0, 0.1) is 0 Å². The Kier molecular flexibility index (Phi) is 13.0. The highest BCUT2D eigenvalue weighted by Crippen LogP contribution is 2.33. The van der Waals surface area contributed by atoms with Crippen LogP contribution in [0.1, 0.15) is 38.3 Å². The highest BCUT2D eigenvalue weighted by atomic mass is 16.6. The lowest BCUT2D eigenvalue weighted by atomic mass is 9.78. The topological polar surface area (TPSA) is 90.5 Å². The van der Waals surface area contributed by atoms with Crippen molar-refractivity contribution in [3.8, 4) is 11.5 Å². The predicted octanol–water partition coefficient (Wildman–Crippen LogP) is 6.33. The molecule has 0 aromatic heterocycles. The van der Waals surface area contributed by atoms with Crippen molar-refractivity contribution in [1.29, 1.82) is 0 Å². The third kappa shape index (κ3) is 11.5. The summed E-state index contributed by atoms with van der Waals surface area (Å²) in [5.41, 5.74) is 4.45. The third-order valence-electron chi connectivity index (χ3n) is 8.96. The van der Waals surface area contributed by atoms with Gasteiger partial charge in [-0.25, -0.2) is 0 Å². The highest BCUT2D eigenvalue weighted by molar-refractivity contribution is 5.47. The van der Waals surface area contributed by atoms with Crippen LogP contribution in [0.4, 0.5) is 11.4 Å². The molecule has 2 saturated heterocycles. The number of rotatable bonds is 17. The number of anilines is 2. The lowest BCUT2D eigenvalue weighted by Crippen LogP contribution is -2.38. The van der Waals surface area contributed by atoms with Gasteiger partial charge in [0.1, 0.15) is 30.8 Å². The second-order valence-corrected chi connectivity index (χ2v) is 13.4. The molecule has 0 amide bonds. The van der Waals surface area contributed by atoms with Crippen LogP contribution < -0.4 is 19.3 Å². The first-order chi connectivity index (χ1) is 23.7. The van der Waals surface area contributed by atoms with Crippen molar-refractivity contribution < 1.29 is 29.2 Å². The number of para-hydroxylation sites is 2. The molecule has 0 aliphatic carbocycles. The average Bonchev–Trinajstić information content (AvgIpc) is 4.09. The quantitative estimate of drug-likeness (QED) is 0.126. The summed E-state index contributed by atoms with van der Waals surface area (Å²) in [5.74, 6) is 1.48. The number of hydrogen-bond donors (Lipinski definition) is 2. The van der Waals surface area contributed by atoms with Crippen LogP contribution in [0.2, 0.25) is 0 Å². The van der Waals surface area contributed by atoms with E-state index < -0.39 is 12.2 Å². The number of nitrogens with zero attached hydrogens (tertiary/aromatic N) is 2. The van der Waals surface area contributed by atoms with Crippen molar-refractivity contribution in [3.05, 3.63) is 120 Å². The number of ether oxygens (including phenoxy) is 4. The number of epoxide rings is 2. The van der Waals surface area contributed by atoms with Crippen molar-refractivity contribution in [3.63, 3.8) is 0 Å². The third-order valence-corrected chi connectivity index (χ3v) is 8.96. The molecule has 6 rings (SSSR count). The first kappa shape index (κ1) is 36.2. The van der Waals surface area contributed by atoms with Crippen molar-refractivity contribution in [2.75, 3.05) is 62.9 Å². The smallest absolute Gasteiger partial charge is 0.119 e. The lowest BCUT2D eigenvalue weighted by molar-refractivity contribution is 0.104. The van der Waals surface area contributed by atoms with Gasteiger partial charge in [0, 0.05) is 43.5 Å². The van der Waals surface area contributed by atoms with Gasteiger partial charge in [-0.3, -0.25) is 0 Å². The maximum atomic E-state index is 10.7. The maximum Gasteiger partial charge on any atom is 0.119 e. The maximum absolute atomic E-state index is 10.7. The summed E-state index contributed by atoms with van der Waals surface area (Å²) in [6, 6.07) is 36.6. The monoisotopic (exact) mass is 668 g/mol. The van der Waals surface area contributed by atoms with Crippen LogP contribution in [-0.4, -0.2) is 87.7 Å². The largest absolute Gasteiger partial charge is 0.491 e. The molecule has 0 saturated carbocycles. The van der Waals surface area contributed by atoms with E-state index in [-0.39, 0.29) is 18.1 Å². The average molecular weight is 669 g/mol. The summed E-state index contributed by atoms with van der Waals surface area (Å²) in [4.78, 5) is 4.37. The lowest BCUT2D eigenvalue weighted by Gasteiger charge is -2.27. The molecular formula is C41H52N2O6. The molecule has 2 fully saturated rings. The summed E-state index contributed by atoms with van der Waals surface area (Å²) in [6.45, 7) is 10.8. The Bertz CT molecular complexity index is 1510. The first-order valence-corrected chi connectivity index (χ1v) is 17.3. The number of benzene rings is 4. The first-order valence-electron chi connectivity index (χ1n) is 17.3. The van der Waals surface area contributed by atoms with Crippen molar-refractivity contribution >= 4 is 11.4 Å². The van der Waals surface area contributed by atoms with E-state index in [1.165, 1.54) is 11.3 Å². The second-order valence-electron chi connectivity index (χ2n) is 13.4. The van der Waals surface area contributed by atoms with Gasteiger partial charge in [0.2, 0.25) is 0 Å². The van der Waals surface area contributed by atoms with Gasteiger partial charge in [-0.05, 0) is 66.1 Å². The number of aliphatic hydroxyl groups excluding tert-OH is 2. The molecule has 262 valence electrons. The molecule has 4 unspecified atom stereocenters. The van der Waals surface area contributed by atoms with Crippen LogP contribution in [0.3, 0.4) is 0 Å².